The zero-order valence-electron chi connectivity index (χ0n) is 6.29. The second kappa shape index (κ2) is 3.39. The van der Waals surface area contributed by atoms with Crippen molar-refractivity contribution in [3.63, 3.8) is 0 Å². The van der Waals surface area contributed by atoms with Crippen molar-refractivity contribution in [3.05, 3.63) is 23.8 Å². The largest absolute Gasteiger partial charge is 0.327 e. The molecule has 1 aromatic heterocycles. The predicted octanol–water partition coefficient (Wildman–Crippen LogP) is 0.754. The lowest BCUT2D eigenvalue weighted by molar-refractivity contribution is 0.342. The minimum Gasteiger partial charge on any atom is -0.327 e. The Morgan fingerprint density at radius 2 is 2.18 bits per heavy atom. The molecule has 0 aliphatic carbocycles. The summed E-state index contributed by atoms with van der Waals surface area (Å²) in [5, 5.41) is 0. The average Bonchev–Trinajstić information content (AvgIpc) is 2.04. The number of alkyl halides is 1. The van der Waals surface area contributed by atoms with Crippen LogP contribution in [-0.2, 0) is 0 Å². The zero-order chi connectivity index (χ0) is 8.27. The van der Waals surface area contributed by atoms with Crippen LogP contribution in [0, 0.1) is 6.92 Å². The van der Waals surface area contributed by atoms with Crippen molar-refractivity contribution in [3.8, 4) is 0 Å². The third-order valence-electron chi connectivity index (χ3n) is 1.42. The molecule has 0 radical (unpaired) electrons. The van der Waals surface area contributed by atoms with Gasteiger partial charge in [-0.3, -0.25) is 9.97 Å². The second-order valence-electron chi connectivity index (χ2n) is 2.23. The van der Waals surface area contributed by atoms with Crippen LogP contribution in [0.15, 0.2) is 12.4 Å². The van der Waals surface area contributed by atoms with E-state index in [0.29, 0.717) is 11.4 Å². The summed E-state index contributed by atoms with van der Waals surface area (Å²) in [5.41, 5.74) is 6.08. The van der Waals surface area contributed by atoms with E-state index in [-0.39, 0.29) is 6.54 Å². The molecule has 60 valence electrons. The zero-order valence-corrected chi connectivity index (χ0v) is 6.29. The number of nitrogens with zero attached hydrogens (tertiary/aromatic N) is 2. The molecule has 0 amide bonds. The van der Waals surface area contributed by atoms with E-state index in [1.165, 1.54) is 12.4 Å². The standard InChI is InChI=1S/C7H10FN3/c1-5-7(6(8)4-9)11-3-2-10-5/h2-3,6H,4,9H2,1H3. The van der Waals surface area contributed by atoms with Crippen LogP contribution in [-0.4, -0.2) is 16.5 Å². The van der Waals surface area contributed by atoms with Crippen molar-refractivity contribution >= 4 is 0 Å². The smallest absolute Gasteiger partial charge is 0.156 e. The summed E-state index contributed by atoms with van der Waals surface area (Å²) in [6, 6.07) is 0. The molecule has 0 fully saturated rings. The maximum absolute atomic E-state index is 12.9. The van der Waals surface area contributed by atoms with Gasteiger partial charge in [0.2, 0.25) is 0 Å². The Morgan fingerprint density at radius 3 is 2.73 bits per heavy atom. The maximum atomic E-state index is 12.9. The summed E-state index contributed by atoms with van der Waals surface area (Å²) in [5.74, 6) is 0. The Hall–Kier alpha value is -1.03. The van der Waals surface area contributed by atoms with Gasteiger partial charge in [-0.2, -0.15) is 0 Å². The Kier molecular flexibility index (Phi) is 2.48. The number of nitrogens with two attached hydrogens (primary N) is 1. The minimum atomic E-state index is -1.19. The fraction of sp³-hybridized carbons (Fsp3) is 0.429. The summed E-state index contributed by atoms with van der Waals surface area (Å²) < 4.78 is 12.9. The van der Waals surface area contributed by atoms with E-state index >= 15 is 0 Å². The van der Waals surface area contributed by atoms with Crippen LogP contribution in [0.2, 0.25) is 0 Å². The summed E-state index contributed by atoms with van der Waals surface area (Å²) in [6.07, 6.45) is 1.80. The van der Waals surface area contributed by atoms with E-state index < -0.39 is 6.17 Å². The SMILES string of the molecule is Cc1nccnc1C(F)CN. The first kappa shape index (κ1) is 8.07. The van der Waals surface area contributed by atoms with Crippen LogP contribution in [0.1, 0.15) is 17.6 Å². The van der Waals surface area contributed by atoms with Gasteiger partial charge in [-0.05, 0) is 6.92 Å². The fourth-order valence-corrected chi connectivity index (χ4v) is 0.837. The molecule has 0 saturated carbocycles. The number of hydrogen-bond acceptors (Lipinski definition) is 3. The van der Waals surface area contributed by atoms with Gasteiger partial charge in [-0.25, -0.2) is 4.39 Å². The normalized spacial score (nSPS) is 13.0. The number of rotatable bonds is 2. The number of aromatic nitrogens is 2. The molecule has 0 spiro atoms. The molecule has 1 aromatic rings. The van der Waals surface area contributed by atoms with Crippen molar-refractivity contribution in [2.45, 2.75) is 13.1 Å². The molecular formula is C7H10FN3. The Labute approximate surface area is 64.5 Å². The molecule has 4 heteroatoms. The highest BCUT2D eigenvalue weighted by Crippen LogP contribution is 2.14. The van der Waals surface area contributed by atoms with Crippen molar-refractivity contribution in [2.75, 3.05) is 6.54 Å². The van der Waals surface area contributed by atoms with Crippen molar-refractivity contribution in [2.24, 2.45) is 5.73 Å². The van der Waals surface area contributed by atoms with E-state index in [1.807, 2.05) is 0 Å². The van der Waals surface area contributed by atoms with E-state index in [1.54, 1.807) is 6.92 Å². The Balaban J connectivity index is 2.93. The van der Waals surface area contributed by atoms with Crippen LogP contribution in [0.5, 0.6) is 0 Å². The lowest BCUT2D eigenvalue weighted by Gasteiger charge is -2.05. The van der Waals surface area contributed by atoms with Crippen molar-refractivity contribution in [1.29, 1.82) is 0 Å². The van der Waals surface area contributed by atoms with Gasteiger partial charge in [-0.1, -0.05) is 0 Å². The average molecular weight is 155 g/mol. The molecule has 1 unspecified atom stereocenters. The van der Waals surface area contributed by atoms with Gasteiger partial charge in [0, 0.05) is 18.9 Å². The van der Waals surface area contributed by atoms with E-state index in [0.717, 1.165) is 0 Å². The molecule has 1 rings (SSSR count). The highest BCUT2D eigenvalue weighted by atomic mass is 19.1. The maximum Gasteiger partial charge on any atom is 0.156 e. The van der Waals surface area contributed by atoms with Gasteiger partial charge in [-0.15, -0.1) is 0 Å². The second-order valence-corrected chi connectivity index (χ2v) is 2.23. The van der Waals surface area contributed by atoms with E-state index in [4.69, 9.17) is 5.73 Å². The highest BCUT2D eigenvalue weighted by molar-refractivity contribution is 5.11. The molecular weight excluding hydrogens is 145 g/mol. The third kappa shape index (κ3) is 1.71. The lowest BCUT2D eigenvalue weighted by Crippen LogP contribution is -2.11. The van der Waals surface area contributed by atoms with Crippen LogP contribution >= 0.6 is 0 Å². The highest BCUT2D eigenvalue weighted by Gasteiger charge is 2.11. The summed E-state index contributed by atoms with van der Waals surface area (Å²) in [6.45, 7) is 1.67. The quantitative estimate of drug-likeness (QED) is 0.685. The molecule has 2 N–H and O–H groups in total. The van der Waals surface area contributed by atoms with Gasteiger partial charge >= 0.3 is 0 Å². The summed E-state index contributed by atoms with van der Waals surface area (Å²) in [7, 11) is 0. The van der Waals surface area contributed by atoms with Crippen LogP contribution < -0.4 is 5.73 Å². The molecule has 11 heavy (non-hydrogen) atoms. The Morgan fingerprint density at radius 1 is 1.55 bits per heavy atom. The number of aryl methyl sites for hydroxylation is 1. The third-order valence-corrected chi connectivity index (χ3v) is 1.42. The monoisotopic (exact) mass is 155 g/mol. The lowest BCUT2D eigenvalue weighted by atomic mass is 10.2. The molecule has 3 nitrogen and oxygen atoms in total. The fourth-order valence-electron chi connectivity index (χ4n) is 0.837. The van der Waals surface area contributed by atoms with Crippen LogP contribution in [0.4, 0.5) is 4.39 Å². The molecule has 1 heterocycles. The molecule has 0 bridgehead atoms. The van der Waals surface area contributed by atoms with Crippen LogP contribution in [0.3, 0.4) is 0 Å². The summed E-state index contributed by atoms with van der Waals surface area (Å²) >= 11 is 0. The molecule has 0 aliphatic rings. The molecule has 0 saturated heterocycles. The van der Waals surface area contributed by atoms with Gasteiger partial charge in [0.25, 0.3) is 0 Å². The molecule has 0 aromatic carbocycles. The molecule has 1 atom stereocenters. The van der Waals surface area contributed by atoms with Gasteiger partial charge in [0.15, 0.2) is 6.17 Å². The van der Waals surface area contributed by atoms with Crippen LogP contribution in [0.25, 0.3) is 0 Å². The minimum absolute atomic E-state index is 0.0421. The number of halogens is 1. The first-order valence-electron chi connectivity index (χ1n) is 3.37. The Bertz CT molecular complexity index is 239. The van der Waals surface area contributed by atoms with Gasteiger partial charge < -0.3 is 5.73 Å². The first-order valence-corrected chi connectivity index (χ1v) is 3.37. The first-order chi connectivity index (χ1) is 5.25. The number of hydrogen-bond donors (Lipinski definition) is 1. The van der Waals surface area contributed by atoms with E-state index in [2.05, 4.69) is 9.97 Å². The molecule has 0 aliphatic heterocycles. The van der Waals surface area contributed by atoms with Gasteiger partial charge in [0.1, 0.15) is 0 Å². The van der Waals surface area contributed by atoms with Crippen molar-refractivity contribution < 1.29 is 4.39 Å². The topological polar surface area (TPSA) is 51.8 Å². The van der Waals surface area contributed by atoms with Gasteiger partial charge in [0.05, 0.1) is 11.4 Å². The van der Waals surface area contributed by atoms with Crippen molar-refractivity contribution in [1.82, 2.24) is 9.97 Å². The van der Waals surface area contributed by atoms with E-state index in [9.17, 15) is 4.39 Å². The predicted molar refractivity (Wildman–Crippen MR) is 39.7 cm³/mol. The summed E-state index contributed by atoms with van der Waals surface area (Å²) in [4.78, 5) is 7.72.